The van der Waals surface area contributed by atoms with Crippen molar-refractivity contribution in [2.45, 2.75) is 20.5 Å². The quantitative estimate of drug-likeness (QED) is 0.738. The smallest absolute Gasteiger partial charge is 0.278 e. The first kappa shape index (κ1) is 18.1. The third-order valence-electron chi connectivity index (χ3n) is 3.92. The average Bonchev–Trinajstić information content (AvgIpc) is 3.02. The van der Waals surface area contributed by atoms with Crippen LogP contribution >= 0.6 is 11.6 Å². The highest BCUT2D eigenvalue weighted by Gasteiger charge is 2.21. The monoisotopic (exact) mass is 370 g/mol. The van der Waals surface area contributed by atoms with Crippen LogP contribution in [0.3, 0.4) is 0 Å². The molecule has 134 valence electrons. The van der Waals surface area contributed by atoms with E-state index in [4.69, 9.17) is 16.3 Å². The molecule has 26 heavy (non-hydrogen) atoms. The van der Waals surface area contributed by atoms with E-state index in [2.05, 4.69) is 15.6 Å². The van der Waals surface area contributed by atoms with E-state index < -0.39 is 0 Å². The van der Waals surface area contributed by atoms with E-state index in [1.807, 2.05) is 38.1 Å². The summed E-state index contributed by atoms with van der Waals surface area (Å²) >= 11 is 6.03. The van der Waals surface area contributed by atoms with Gasteiger partial charge in [0, 0.05) is 17.8 Å². The summed E-state index contributed by atoms with van der Waals surface area (Å²) in [5.74, 6) is -0.349. The van der Waals surface area contributed by atoms with Crippen LogP contribution in [0.1, 0.15) is 27.3 Å². The Hall–Kier alpha value is -2.70. The second kappa shape index (κ2) is 7.68. The molecule has 0 saturated heterocycles. The van der Waals surface area contributed by atoms with Gasteiger partial charge in [0.15, 0.2) is 5.69 Å². The van der Waals surface area contributed by atoms with E-state index in [0.717, 1.165) is 16.8 Å². The molecule has 3 aromatic rings. The highest BCUT2D eigenvalue weighted by atomic mass is 35.5. The fraction of sp³-hybridized carbons (Fsp3) is 0.211. The summed E-state index contributed by atoms with van der Waals surface area (Å²) in [6.45, 7) is 4.08. The van der Waals surface area contributed by atoms with Crippen molar-refractivity contribution in [1.82, 2.24) is 15.0 Å². The molecule has 3 rings (SSSR count). The normalized spacial score (nSPS) is 10.8. The Labute approximate surface area is 156 Å². The highest BCUT2D eigenvalue weighted by Crippen LogP contribution is 2.21. The Morgan fingerprint density at radius 1 is 1.23 bits per heavy atom. The van der Waals surface area contributed by atoms with Crippen LogP contribution in [0.15, 0.2) is 42.5 Å². The van der Waals surface area contributed by atoms with E-state index in [-0.39, 0.29) is 18.2 Å². The number of carbonyl (C=O) groups excluding carboxylic acids is 1. The molecule has 0 bridgehead atoms. The van der Waals surface area contributed by atoms with Gasteiger partial charge in [-0.3, -0.25) is 4.79 Å². The number of benzene rings is 2. The summed E-state index contributed by atoms with van der Waals surface area (Å²) in [4.78, 5) is 12.7. The lowest BCUT2D eigenvalue weighted by molar-refractivity contribution is 0.101. The molecule has 0 fully saturated rings. The van der Waals surface area contributed by atoms with Gasteiger partial charge in [-0.2, -0.15) is 0 Å². The van der Waals surface area contributed by atoms with Crippen molar-refractivity contribution in [1.29, 1.82) is 0 Å². The molecule has 1 amide bonds. The summed E-state index contributed by atoms with van der Waals surface area (Å²) in [6, 6.07) is 13.1. The zero-order valence-electron chi connectivity index (χ0n) is 14.8. The third kappa shape index (κ3) is 3.76. The van der Waals surface area contributed by atoms with Crippen LogP contribution in [0.5, 0.6) is 0 Å². The van der Waals surface area contributed by atoms with Crippen LogP contribution < -0.4 is 5.32 Å². The molecule has 0 aliphatic rings. The number of aromatic nitrogens is 3. The lowest BCUT2D eigenvalue weighted by Crippen LogP contribution is -2.16. The maximum Gasteiger partial charge on any atom is 0.278 e. The second-order valence-corrected chi connectivity index (χ2v) is 6.39. The van der Waals surface area contributed by atoms with Crippen molar-refractivity contribution in [3.63, 3.8) is 0 Å². The van der Waals surface area contributed by atoms with Gasteiger partial charge in [0.2, 0.25) is 0 Å². The number of ether oxygens (including phenoxy) is 1. The standard InChI is InChI=1S/C19H19ClN4O2/c1-12-5-4-6-15(9-12)24-17(11-26-3)18(22-23-24)19(25)21-14-7-8-16(20)13(2)10-14/h4-10H,11H2,1-3H3,(H,21,25). The van der Waals surface area contributed by atoms with Gasteiger partial charge in [-0.25, -0.2) is 4.68 Å². The summed E-state index contributed by atoms with van der Waals surface area (Å²) in [5, 5.41) is 11.7. The first-order valence-corrected chi connectivity index (χ1v) is 8.45. The number of carbonyl (C=O) groups is 1. The number of halogens is 1. The SMILES string of the molecule is COCc1c(C(=O)Nc2ccc(Cl)c(C)c2)nnn1-c1cccc(C)c1. The predicted octanol–water partition coefficient (Wildman–Crippen LogP) is 3.94. The lowest BCUT2D eigenvalue weighted by atomic mass is 10.2. The Kier molecular flexibility index (Phi) is 5.35. The Morgan fingerprint density at radius 3 is 2.73 bits per heavy atom. The molecule has 2 aromatic carbocycles. The van der Waals surface area contributed by atoms with Crippen LogP contribution in [-0.4, -0.2) is 28.0 Å². The predicted molar refractivity (Wildman–Crippen MR) is 101 cm³/mol. The Bertz CT molecular complexity index is 952. The molecule has 0 aliphatic carbocycles. The zero-order valence-corrected chi connectivity index (χ0v) is 15.5. The molecule has 0 atom stereocenters. The molecule has 0 radical (unpaired) electrons. The first-order valence-electron chi connectivity index (χ1n) is 8.07. The number of amides is 1. The average molecular weight is 371 g/mol. The Morgan fingerprint density at radius 2 is 2.04 bits per heavy atom. The molecular formula is C19H19ClN4O2. The van der Waals surface area contributed by atoms with Gasteiger partial charge < -0.3 is 10.1 Å². The zero-order chi connectivity index (χ0) is 18.7. The van der Waals surface area contributed by atoms with E-state index >= 15 is 0 Å². The van der Waals surface area contributed by atoms with E-state index in [9.17, 15) is 4.79 Å². The molecule has 0 aliphatic heterocycles. The van der Waals surface area contributed by atoms with Gasteiger partial charge in [-0.05, 0) is 55.3 Å². The number of methoxy groups -OCH3 is 1. The summed E-state index contributed by atoms with van der Waals surface area (Å²) in [5.41, 5.74) is 4.24. The molecule has 0 spiro atoms. The lowest BCUT2D eigenvalue weighted by Gasteiger charge is -2.09. The van der Waals surface area contributed by atoms with Crippen LogP contribution in [0.2, 0.25) is 5.02 Å². The van der Waals surface area contributed by atoms with Crippen molar-refractivity contribution in [3.05, 3.63) is 70.0 Å². The van der Waals surface area contributed by atoms with Gasteiger partial charge in [-0.15, -0.1) is 5.10 Å². The van der Waals surface area contributed by atoms with E-state index in [1.165, 1.54) is 0 Å². The van der Waals surface area contributed by atoms with Crippen molar-refractivity contribution in [2.75, 3.05) is 12.4 Å². The minimum Gasteiger partial charge on any atom is -0.378 e. The van der Waals surface area contributed by atoms with Crippen LogP contribution in [0, 0.1) is 13.8 Å². The molecular weight excluding hydrogens is 352 g/mol. The molecule has 1 aromatic heterocycles. The maximum absolute atomic E-state index is 12.7. The van der Waals surface area contributed by atoms with E-state index in [1.54, 1.807) is 30.0 Å². The number of anilines is 1. The van der Waals surface area contributed by atoms with Crippen molar-refractivity contribution >= 4 is 23.2 Å². The summed E-state index contributed by atoms with van der Waals surface area (Å²) < 4.78 is 6.88. The van der Waals surface area contributed by atoms with Crippen molar-refractivity contribution < 1.29 is 9.53 Å². The first-order chi connectivity index (χ1) is 12.5. The van der Waals surface area contributed by atoms with Crippen LogP contribution in [0.25, 0.3) is 5.69 Å². The fourth-order valence-electron chi connectivity index (χ4n) is 2.62. The van der Waals surface area contributed by atoms with Gasteiger partial charge in [0.1, 0.15) is 5.69 Å². The molecule has 7 heteroatoms. The second-order valence-electron chi connectivity index (χ2n) is 5.99. The highest BCUT2D eigenvalue weighted by molar-refractivity contribution is 6.31. The maximum atomic E-state index is 12.7. The van der Waals surface area contributed by atoms with Gasteiger partial charge in [0.05, 0.1) is 12.3 Å². The largest absolute Gasteiger partial charge is 0.378 e. The Balaban J connectivity index is 1.94. The molecule has 6 nitrogen and oxygen atoms in total. The molecule has 0 unspecified atom stereocenters. The van der Waals surface area contributed by atoms with E-state index in [0.29, 0.717) is 16.4 Å². The van der Waals surface area contributed by atoms with Crippen LogP contribution in [-0.2, 0) is 11.3 Å². The van der Waals surface area contributed by atoms with Gasteiger partial charge in [-0.1, -0.05) is 28.9 Å². The number of hydrogen-bond acceptors (Lipinski definition) is 4. The summed E-state index contributed by atoms with van der Waals surface area (Å²) in [7, 11) is 1.57. The molecule has 1 N–H and O–H groups in total. The third-order valence-corrected chi connectivity index (χ3v) is 4.35. The van der Waals surface area contributed by atoms with Crippen LogP contribution in [0.4, 0.5) is 5.69 Å². The van der Waals surface area contributed by atoms with Crippen molar-refractivity contribution in [3.8, 4) is 5.69 Å². The number of rotatable bonds is 5. The molecule has 0 saturated carbocycles. The number of aryl methyl sites for hydroxylation is 2. The van der Waals surface area contributed by atoms with Gasteiger partial charge in [0.25, 0.3) is 5.91 Å². The number of nitrogens with one attached hydrogen (secondary N) is 1. The molecule has 1 heterocycles. The minimum atomic E-state index is -0.349. The fourth-order valence-corrected chi connectivity index (χ4v) is 2.74. The minimum absolute atomic E-state index is 0.212. The van der Waals surface area contributed by atoms with Crippen molar-refractivity contribution in [2.24, 2.45) is 0 Å². The topological polar surface area (TPSA) is 69.0 Å². The number of nitrogens with zero attached hydrogens (tertiary/aromatic N) is 3. The van der Waals surface area contributed by atoms with Gasteiger partial charge >= 0.3 is 0 Å². The summed E-state index contributed by atoms with van der Waals surface area (Å²) in [6.07, 6.45) is 0. The number of hydrogen-bond donors (Lipinski definition) is 1.